The Bertz CT molecular complexity index is 88.7. The topological polar surface area (TPSA) is 0 Å². The van der Waals surface area contributed by atoms with Crippen molar-refractivity contribution in [2.45, 2.75) is 53.4 Å². The molecule has 0 aliphatic rings. The van der Waals surface area contributed by atoms with Gasteiger partial charge in [0.25, 0.3) is 0 Å². The minimum absolute atomic E-state index is 0. The van der Waals surface area contributed by atoms with Crippen molar-refractivity contribution >= 4 is 0 Å². The second-order valence-electron chi connectivity index (χ2n) is 4.24. The third kappa shape index (κ3) is 7.71. The Hall–Kier alpha value is -0.180. The van der Waals surface area contributed by atoms with Gasteiger partial charge in [-0.05, 0) is 25.7 Å². The normalized spacial score (nSPS) is 10.4. The van der Waals surface area contributed by atoms with Gasteiger partial charge in [0.2, 0.25) is 0 Å². The van der Waals surface area contributed by atoms with Crippen molar-refractivity contribution in [3.05, 3.63) is 0 Å². The van der Waals surface area contributed by atoms with Gasteiger partial charge in [-0.15, -0.1) is 0 Å². The van der Waals surface area contributed by atoms with Crippen LogP contribution in [0.1, 0.15) is 53.4 Å². The molecule has 1 nitrogen and oxygen atoms in total. The van der Waals surface area contributed by atoms with Crippen LogP contribution in [0.15, 0.2) is 0 Å². The fraction of sp³-hybridized carbons (Fsp3) is 1.00. The highest BCUT2D eigenvalue weighted by Crippen LogP contribution is 2.12. The Morgan fingerprint density at radius 1 is 0.533 bits per heavy atom. The van der Waals surface area contributed by atoms with Crippen LogP contribution in [-0.2, 0) is 0 Å². The van der Waals surface area contributed by atoms with Gasteiger partial charge < -0.3 is 4.48 Å². The molecule has 0 aliphatic heterocycles. The van der Waals surface area contributed by atoms with Crippen molar-refractivity contribution in [3.8, 4) is 0 Å². The van der Waals surface area contributed by atoms with E-state index in [-0.39, 0.29) is 9.41 Å². The van der Waals surface area contributed by atoms with Gasteiger partial charge >= 0.3 is 0 Å². The zero-order valence-corrected chi connectivity index (χ0v) is 10.9. The summed E-state index contributed by atoms with van der Waals surface area (Å²) in [6.07, 6.45) is 5.33. The average Bonchev–Trinajstić information content (AvgIpc) is 2.06. The molecule has 0 unspecified atom stereocenters. The lowest BCUT2D eigenvalue weighted by atomic mass is 10.2. The predicted molar refractivity (Wildman–Crippen MR) is 65.9 cm³/mol. The van der Waals surface area contributed by atoms with Crippen LogP contribution in [0.5, 0.6) is 0 Å². The van der Waals surface area contributed by atoms with Crippen LogP contribution >= 0.6 is 0 Å². The summed E-state index contributed by atoms with van der Waals surface area (Å²) in [4.78, 5) is 0. The monoisotopic (exact) mass is 226 g/mol. The first-order valence-corrected chi connectivity index (χ1v) is 6.09. The Morgan fingerprint density at radius 2 is 0.733 bits per heavy atom. The van der Waals surface area contributed by atoms with Gasteiger partial charge in [0, 0.05) is 0 Å². The number of hydrogen-bond acceptors (Lipinski definition) is 0. The van der Waals surface area contributed by atoms with Gasteiger partial charge in [-0.2, -0.15) is 0 Å². The Morgan fingerprint density at radius 3 is 0.867 bits per heavy atom. The third-order valence-corrected chi connectivity index (χ3v) is 2.79. The molecule has 96 valence electrons. The van der Waals surface area contributed by atoms with Gasteiger partial charge in [-0.1, -0.05) is 27.7 Å². The molecule has 0 radical (unpaired) electrons. The molecule has 0 aromatic heterocycles. The van der Waals surface area contributed by atoms with Crippen LogP contribution in [0.25, 0.3) is 0 Å². The van der Waals surface area contributed by atoms with Crippen LogP contribution < -0.4 is 0 Å². The lowest BCUT2D eigenvalue weighted by molar-refractivity contribution is -0.928. The van der Waals surface area contributed by atoms with Gasteiger partial charge in [-0.25, -0.2) is 0 Å². The molecule has 15 heavy (non-hydrogen) atoms. The summed E-state index contributed by atoms with van der Waals surface area (Å²) >= 11 is 0. The molecule has 0 spiro atoms. The molecule has 0 heterocycles. The van der Waals surface area contributed by atoms with E-state index >= 15 is 0 Å². The average molecular weight is 226 g/mol. The molecule has 0 aromatic rings. The minimum Gasteiger partial charge on any atom is -0.324 e. The highest BCUT2D eigenvalue weighted by atomic mass is 19.0. The van der Waals surface area contributed by atoms with E-state index in [2.05, 4.69) is 27.7 Å². The van der Waals surface area contributed by atoms with Gasteiger partial charge in [0.1, 0.15) is 0 Å². The molecule has 0 N–H and O–H groups in total. The zero-order valence-electron chi connectivity index (χ0n) is 10.9. The first kappa shape index (κ1) is 20.3. The van der Waals surface area contributed by atoms with E-state index in [1.165, 1.54) is 56.3 Å². The maximum Gasteiger partial charge on any atom is 0.0783 e. The summed E-state index contributed by atoms with van der Waals surface area (Å²) < 4.78 is 1.38. The molecule has 0 atom stereocenters. The molecule has 0 rings (SSSR count). The largest absolute Gasteiger partial charge is 0.324 e. The van der Waals surface area contributed by atoms with E-state index < -0.39 is 0 Å². The smallest absolute Gasteiger partial charge is 0.0783 e. The van der Waals surface area contributed by atoms with Crippen molar-refractivity contribution in [1.82, 2.24) is 0 Å². The highest BCUT2D eigenvalue weighted by Gasteiger charge is 2.22. The summed E-state index contributed by atoms with van der Waals surface area (Å²) in [6.45, 7) is 14.8. The maximum absolute atomic E-state index is 2.31. The first-order valence-electron chi connectivity index (χ1n) is 6.09. The maximum atomic E-state index is 2.31. The summed E-state index contributed by atoms with van der Waals surface area (Å²) in [6, 6.07) is 0. The third-order valence-electron chi connectivity index (χ3n) is 2.79. The summed E-state index contributed by atoms with van der Waals surface area (Å²) in [5.41, 5.74) is 0. The Balaban J connectivity index is -0.000000720. The molecule has 3 heteroatoms. The number of halogens is 2. The number of nitrogens with zero attached hydrogens (tertiary/aromatic N) is 1. The SMILES string of the molecule is CCC[N+](CCC)(CCC)CCC.F.F. The quantitative estimate of drug-likeness (QED) is 0.553. The lowest BCUT2D eigenvalue weighted by Gasteiger charge is -2.38. The fourth-order valence-corrected chi connectivity index (χ4v) is 2.57. The number of hydrogen-bond donors (Lipinski definition) is 0. The van der Waals surface area contributed by atoms with Crippen molar-refractivity contribution in [3.63, 3.8) is 0 Å². The van der Waals surface area contributed by atoms with Crippen LogP contribution in [0.2, 0.25) is 0 Å². The van der Waals surface area contributed by atoms with E-state index in [4.69, 9.17) is 0 Å². The molecule has 0 amide bonds. The van der Waals surface area contributed by atoms with Crippen LogP contribution in [0, 0.1) is 0 Å². The van der Waals surface area contributed by atoms with Crippen LogP contribution in [0.3, 0.4) is 0 Å². The van der Waals surface area contributed by atoms with E-state index in [9.17, 15) is 0 Å². The second-order valence-corrected chi connectivity index (χ2v) is 4.24. The molecule has 0 bridgehead atoms. The second kappa shape index (κ2) is 11.9. The highest BCUT2D eigenvalue weighted by molar-refractivity contribution is 4.43. The molecule has 0 fully saturated rings. The standard InChI is InChI=1S/C12H28N.2FH/c1-5-9-13(10-6-2,11-7-3)12-8-4;;/h5-12H2,1-4H3;2*1H/q+1;;. The summed E-state index contributed by atoms with van der Waals surface area (Å²) in [5, 5.41) is 0. The molecular weight excluding hydrogens is 196 g/mol. The van der Waals surface area contributed by atoms with E-state index in [1.807, 2.05) is 0 Å². The van der Waals surface area contributed by atoms with Gasteiger partial charge in [0.15, 0.2) is 0 Å². The Kier molecular flexibility index (Phi) is 16.1. The zero-order chi connectivity index (χ0) is 10.2. The van der Waals surface area contributed by atoms with E-state index in [1.54, 1.807) is 0 Å². The molecule has 0 aromatic carbocycles. The van der Waals surface area contributed by atoms with Crippen molar-refractivity contribution in [1.29, 1.82) is 0 Å². The van der Waals surface area contributed by atoms with Crippen LogP contribution in [0.4, 0.5) is 9.41 Å². The molecule has 0 aliphatic carbocycles. The number of quaternary nitrogens is 1. The van der Waals surface area contributed by atoms with Crippen LogP contribution in [-0.4, -0.2) is 30.7 Å². The summed E-state index contributed by atoms with van der Waals surface area (Å²) in [7, 11) is 0. The van der Waals surface area contributed by atoms with E-state index in [0.717, 1.165) is 0 Å². The van der Waals surface area contributed by atoms with Gasteiger partial charge in [0.05, 0.1) is 26.2 Å². The van der Waals surface area contributed by atoms with Crippen molar-refractivity contribution < 1.29 is 13.9 Å². The lowest BCUT2D eigenvalue weighted by Crippen LogP contribution is -2.50. The minimum atomic E-state index is 0. The van der Waals surface area contributed by atoms with E-state index in [0.29, 0.717) is 0 Å². The molecule has 0 saturated carbocycles. The van der Waals surface area contributed by atoms with Crippen molar-refractivity contribution in [2.75, 3.05) is 26.2 Å². The fourth-order valence-electron chi connectivity index (χ4n) is 2.57. The molecular formula is C12H30F2N+. The first-order chi connectivity index (χ1) is 6.24. The predicted octanol–water partition coefficient (Wildman–Crippen LogP) is 3.75. The Labute approximate surface area is 94.2 Å². The van der Waals surface area contributed by atoms with Crippen molar-refractivity contribution in [2.24, 2.45) is 0 Å². The number of rotatable bonds is 8. The summed E-state index contributed by atoms with van der Waals surface area (Å²) in [5.74, 6) is 0. The molecule has 0 saturated heterocycles. The van der Waals surface area contributed by atoms with Gasteiger partial charge in [-0.3, -0.25) is 9.41 Å².